The molecule has 0 spiro atoms. The van der Waals surface area contributed by atoms with Gasteiger partial charge in [-0.1, -0.05) is 46.0 Å². The van der Waals surface area contributed by atoms with Crippen molar-refractivity contribution >= 4 is 12.2 Å². The fourth-order valence-corrected chi connectivity index (χ4v) is 1.83. The highest BCUT2D eigenvalue weighted by molar-refractivity contribution is 5.38. The molecule has 0 radical (unpaired) electrons. The number of rotatable bonds is 10. The lowest BCUT2D eigenvalue weighted by Crippen LogP contribution is -2.22. The lowest BCUT2D eigenvalue weighted by Gasteiger charge is -2.19. The third-order valence-corrected chi connectivity index (χ3v) is 3.00. The van der Waals surface area contributed by atoms with Crippen molar-refractivity contribution < 1.29 is 9.59 Å². The molecular weight excluding hydrogens is 216 g/mol. The van der Waals surface area contributed by atoms with Crippen molar-refractivity contribution in [1.29, 1.82) is 0 Å². The topological polar surface area (TPSA) is 58.9 Å². The van der Waals surface area contributed by atoms with Crippen molar-refractivity contribution in [2.24, 2.45) is 9.98 Å². The van der Waals surface area contributed by atoms with Gasteiger partial charge in [0.25, 0.3) is 0 Å². The molecular formula is C13H22N2O2. The van der Waals surface area contributed by atoms with Gasteiger partial charge in [-0.05, 0) is 19.3 Å². The van der Waals surface area contributed by atoms with Gasteiger partial charge in [0.1, 0.15) is 0 Å². The summed E-state index contributed by atoms with van der Waals surface area (Å²) in [5, 5.41) is 0. The van der Waals surface area contributed by atoms with E-state index in [9.17, 15) is 9.59 Å². The van der Waals surface area contributed by atoms with Gasteiger partial charge in [-0.3, -0.25) is 0 Å². The van der Waals surface area contributed by atoms with Crippen LogP contribution in [0.25, 0.3) is 0 Å². The smallest absolute Gasteiger partial charge is 0.211 e. The maximum atomic E-state index is 10.3. The van der Waals surface area contributed by atoms with Crippen molar-refractivity contribution in [1.82, 2.24) is 0 Å². The van der Waals surface area contributed by atoms with Gasteiger partial charge in [0.2, 0.25) is 12.2 Å². The molecule has 4 nitrogen and oxygen atoms in total. The van der Waals surface area contributed by atoms with Crippen LogP contribution < -0.4 is 0 Å². The van der Waals surface area contributed by atoms with Crippen molar-refractivity contribution in [3.63, 3.8) is 0 Å². The predicted octanol–water partition coefficient (Wildman–Crippen LogP) is 3.51. The van der Waals surface area contributed by atoms with Crippen LogP contribution >= 0.6 is 0 Å². The van der Waals surface area contributed by atoms with Gasteiger partial charge in [0.15, 0.2) is 5.66 Å². The molecule has 0 saturated heterocycles. The van der Waals surface area contributed by atoms with Crippen molar-refractivity contribution in [3.8, 4) is 0 Å². The molecule has 0 fully saturated rings. The van der Waals surface area contributed by atoms with Crippen LogP contribution in [0, 0.1) is 0 Å². The Balaban J connectivity index is 4.08. The Kier molecular flexibility index (Phi) is 9.22. The third kappa shape index (κ3) is 6.83. The van der Waals surface area contributed by atoms with Gasteiger partial charge in [0.05, 0.1) is 0 Å². The number of nitrogens with zero attached hydrogens (tertiary/aromatic N) is 2. The summed E-state index contributed by atoms with van der Waals surface area (Å²) in [5.74, 6) is 0. The molecule has 0 bridgehead atoms. The fourth-order valence-electron chi connectivity index (χ4n) is 1.83. The van der Waals surface area contributed by atoms with E-state index < -0.39 is 5.66 Å². The van der Waals surface area contributed by atoms with Crippen LogP contribution in [-0.4, -0.2) is 17.8 Å². The lowest BCUT2D eigenvalue weighted by molar-refractivity contribution is 0.375. The molecule has 17 heavy (non-hydrogen) atoms. The summed E-state index contributed by atoms with van der Waals surface area (Å²) < 4.78 is 0. The molecule has 0 heterocycles. The summed E-state index contributed by atoms with van der Waals surface area (Å²) in [6, 6.07) is 0. The zero-order valence-corrected chi connectivity index (χ0v) is 10.9. The second-order valence-electron chi connectivity index (χ2n) is 4.26. The molecule has 0 aromatic carbocycles. The normalized spacial score (nSPS) is 13.3. The number of hydrogen-bond acceptors (Lipinski definition) is 4. The minimum absolute atomic E-state index is 0.534. The fraction of sp³-hybridized carbons (Fsp3) is 0.846. The number of unbranched alkanes of at least 4 members (excludes halogenated alkanes) is 5. The molecule has 0 aliphatic heterocycles. The van der Waals surface area contributed by atoms with Crippen LogP contribution in [0.3, 0.4) is 0 Å². The molecule has 0 saturated carbocycles. The first kappa shape index (κ1) is 15.8. The quantitative estimate of drug-likeness (QED) is 0.332. The maximum absolute atomic E-state index is 10.3. The summed E-state index contributed by atoms with van der Waals surface area (Å²) in [5.41, 5.74) is -0.908. The Labute approximate surface area is 103 Å². The molecule has 0 unspecified atom stereocenters. The summed E-state index contributed by atoms with van der Waals surface area (Å²) in [6.45, 7) is 4.04. The number of carbonyl (C=O) groups excluding carboxylic acids is 2. The van der Waals surface area contributed by atoms with Crippen LogP contribution in [0.15, 0.2) is 9.98 Å². The van der Waals surface area contributed by atoms with Gasteiger partial charge in [-0.15, -0.1) is 0 Å². The Morgan fingerprint density at radius 1 is 0.882 bits per heavy atom. The van der Waals surface area contributed by atoms with E-state index in [2.05, 4.69) is 16.9 Å². The molecule has 0 amide bonds. The van der Waals surface area contributed by atoms with Gasteiger partial charge in [-0.25, -0.2) is 9.59 Å². The van der Waals surface area contributed by atoms with Crippen LogP contribution in [0.4, 0.5) is 0 Å². The van der Waals surface area contributed by atoms with E-state index in [1.165, 1.54) is 37.8 Å². The van der Waals surface area contributed by atoms with E-state index in [4.69, 9.17) is 0 Å². The molecule has 0 aromatic heterocycles. The van der Waals surface area contributed by atoms with E-state index in [1.807, 2.05) is 6.92 Å². The lowest BCUT2D eigenvalue weighted by atomic mass is 9.99. The molecule has 0 rings (SSSR count). The van der Waals surface area contributed by atoms with Gasteiger partial charge in [-0.2, -0.15) is 9.98 Å². The van der Waals surface area contributed by atoms with Crippen molar-refractivity contribution in [3.05, 3.63) is 0 Å². The second-order valence-corrected chi connectivity index (χ2v) is 4.26. The van der Waals surface area contributed by atoms with Crippen LogP contribution in [0.2, 0.25) is 0 Å². The highest BCUT2D eigenvalue weighted by atomic mass is 16.1. The Hall–Kier alpha value is -1.24. The third-order valence-electron chi connectivity index (χ3n) is 3.00. The molecule has 0 atom stereocenters. The largest absolute Gasteiger partial charge is 0.237 e. The van der Waals surface area contributed by atoms with Crippen molar-refractivity contribution in [2.75, 3.05) is 0 Å². The van der Waals surface area contributed by atoms with E-state index in [0.717, 1.165) is 12.8 Å². The van der Waals surface area contributed by atoms with E-state index in [1.54, 1.807) is 0 Å². The summed E-state index contributed by atoms with van der Waals surface area (Å²) in [6.07, 6.45) is 11.1. The number of aliphatic imine (C=N–C) groups is 2. The Morgan fingerprint density at radius 2 is 1.41 bits per heavy atom. The molecule has 4 heteroatoms. The summed E-state index contributed by atoms with van der Waals surface area (Å²) in [4.78, 5) is 28.0. The van der Waals surface area contributed by atoms with Crippen LogP contribution in [0.1, 0.15) is 65.2 Å². The number of isocyanates is 2. The summed E-state index contributed by atoms with van der Waals surface area (Å²) in [7, 11) is 0. The van der Waals surface area contributed by atoms with E-state index in [0.29, 0.717) is 12.8 Å². The molecule has 0 N–H and O–H groups in total. The first-order valence-electron chi connectivity index (χ1n) is 6.42. The number of hydrogen-bond donors (Lipinski definition) is 0. The molecule has 0 aromatic rings. The SMILES string of the molecule is CCCCCCCCC(CC)(N=C=O)N=C=O. The second kappa shape index (κ2) is 9.95. The van der Waals surface area contributed by atoms with Gasteiger partial charge in [0, 0.05) is 0 Å². The Morgan fingerprint density at radius 3 is 1.88 bits per heavy atom. The van der Waals surface area contributed by atoms with E-state index in [-0.39, 0.29) is 0 Å². The Bertz CT molecular complexity index is 272. The zero-order chi connectivity index (χ0) is 13.0. The first-order valence-corrected chi connectivity index (χ1v) is 6.42. The minimum Gasteiger partial charge on any atom is -0.211 e. The highest BCUT2D eigenvalue weighted by Crippen LogP contribution is 2.24. The van der Waals surface area contributed by atoms with Crippen LogP contribution in [-0.2, 0) is 9.59 Å². The van der Waals surface area contributed by atoms with Crippen LogP contribution in [0.5, 0.6) is 0 Å². The first-order chi connectivity index (χ1) is 8.24. The predicted molar refractivity (Wildman–Crippen MR) is 67.3 cm³/mol. The van der Waals surface area contributed by atoms with Gasteiger partial charge >= 0.3 is 0 Å². The zero-order valence-electron chi connectivity index (χ0n) is 10.9. The molecule has 0 aliphatic rings. The van der Waals surface area contributed by atoms with Gasteiger partial charge < -0.3 is 0 Å². The minimum atomic E-state index is -0.908. The van der Waals surface area contributed by atoms with E-state index >= 15 is 0 Å². The molecule has 0 aliphatic carbocycles. The van der Waals surface area contributed by atoms with Crippen molar-refractivity contribution in [2.45, 2.75) is 70.9 Å². The monoisotopic (exact) mass is 238 g/mol. The summed E-state index contributed by atoms with van der Waals surface area (Å²) >= 11 is 0. The average molecular weight is 238 g/mol. The highest BCUT2D eigenvalue weighted by Gasteiger charge is 2.26. The molecule has 96 valence electrons. The standard InChI is InChI=1S/C13H22N2O2/c1-3-5-6-7-8-9-10-13(4-2,14-11-16)15-12-17/h3-10H2,1-2H3. The average Bonchev–Trinajstić information content (AvgIpc) is 2.34. The maximum Gasteiger partial charge on any atom is 0.237 e.